The van der Waals surface area contributed by atoms with Crippen LogP contribution >= 0.6 is 0 Å². The molecule has 1 aromatic carbocycles. The van der Waals surface area contributed by atoms with Crippen LogP contribution < -0.4 is 4.72 Å². The van der Waals surface area contributed by atoms with E-state index in [0.29, 0.717) is 5.82 Å². The first-order chi connectivity index (χ1) is 8.90. The first-order valence-corrected chi connectivity index (χ1v) is 6.85. The van der Waals surface area contributed by atoms with Crippen molar-refractivity contribution in [2.24, 2.45) is 7.05 Å². The highest BCUT2D eigenvalue weighted by atomic mass is 32.2. The lowest BCUT2D eigenvalue weighted by Crippen LogP contribution is -2.25. The van der Waals surface area contributed by atoms with E-state index in [1.165, 1.54) is 23.7 Å². The predicted octanol–water partition coefficient (Wildman–Crippen LogP) is 0.136. The van der Waals surface area contributed by atoms with Crippen LogP contribution in [0, 0.1) is 12.7 Å². The molecule has 0 bridgehead atoms. The fourth-order valence-corrected chi connectivity index (χ4v) is 2.49. The fourth-order valence-electron chi connectivity index (χ4n) is 1.42. The molecule has 1 heterocycles. The largest absolute Gasteiger partial charge is 0.240 e. The van der Waals surface area contributed by atoms with Gasteiger partial charge in [-0.05, 0) is 41.1 Å². The Morgan fingerprint density at radius 3 is 2.74 bits per heavy atom. The van der Waals surface area contributed by atoms with Gasteiger partial charge in [-0.25, -0.2) is 22.2 Å². The molecule has 9 heteroatoms. The number of benzene rings is 1. The third kappa shape index (κ3) is 2.93. The minimum Gasteiger partial charge on any atom is -0.231 e. The van der Waals surface area contributed by atoms with E-state index in [2.05, 4.69) is 20.2 Å². The molecule has 0 radical (unpaired) electrons. The second-order valence-corrected chi connectivity index (χ2v) is 5.72. The molecule has 0 atom stereocenters. The zero-order valence-electron chi connectivity index (χ0n) is 10.3. The van der Waals surface area contributed by atoms with Gasteiger partial charge in [-0.2, -0.15) is 0 Å². The SMILES string of the molecule is Cc1cc(S(=O)(=O)NCc2nnnn2C)ccc1F. The van der Waals surface area contributed by atoms with Crippen molar-refractivity contribution in [3.63, 3.8) is 0 Å². The minimum absolute atomic E-state index is 0.00141. The molecule has 7 nitrogen and oxygen atoms in total. The Hall–Kier alpha value is -1.87. The maximum absolute atomic E-state index is 13.1. The molecule has 0 aliphatic heterocycles. The third-order valence-corrected chi connectivity index (χ3v) is 3.97. The standard InChI is InChI=1S/C10H12FN5O2S/c1-7-5-8(3-4-9(7)11)19(17,18)12-6-10-13-14-15-16(10)2/h3-5,12H,6H2,1-2H3. The number of rotatable bonds is 4. The Balaban J connectivity index is 2.18. The van der Waals surface area contributed by atoms with E-state index in [4.69, 9.17) is 0 Å². The van der Waals surface area contributed by atoms with Gasteiger partial charge >= 0.3 is 0 Å². The molecule has 0 spiro atoms. The van der Waals surface area contributed by atoms with Crippen LogP contribution in [0.4, 0.5) is 4.39 Å². The predicted molar refractivity (Wildman–Crippen MR) is 64.0 cm³/mol. The molecule has 0 saturated heterocycles. The number of aryl methyl sites for hydroxylation is 2. The quantitative estimate of drug-likeness (QED) is 0.862. The van der Waals surface area contributed by atoms with Crippen molar-refractivity contribution in [2.45, 2.75) is 18.4 Å². The molecular formula is C10H12FN5O2S. The van der Waals surface area contributed by atoms with Gasteiger partial charge in [-0.1, -0.05) is 0 Å². The van der Waals surface area contributed by atoms with E-state index in [1.807, 2.05) is 0 Å². The zero-order valence-corrected chi connectivity index (χ0v) is 11.1. The first-order valence-electron chi connectivity index (χ1n) is 5.37. The zero-order chi connectivity index (χ0) is 14.0. The molecular weight excluding hydrogens is 273 g/mol. The maximum atomic E-state index is 13.1. The summed E-state index contributed by atoms with van der Waals surface area (Å²) in [6.45, 7) is 1.46. The fraction of sp³-hybridized carbons (Fsp3) is 0.300. The molecule has 19 heavy (non-hydrogen) atoms. The molecule has 0 amide bonds. The van der Waals surface area contributed by atoms with E-state index in [-0.39, 0.29) is 17.0 Å². The second-order valence-electron chi connectivity index (χ2n) is 3.95. The monoisotopic (exact) mass is 285 g/mol. The minimum atomic E-state index is -3.72. The van der Waals surface area contributed by atoms with Gasteiger partial charge < -0.3 is 0 Å². The van der Waals surface area contributed by atoms with Crippen molar-refractivity contribution in [1.82, 2.24) is 24.9 Å². The van der Waals surface area contributed by atoms with Gasteiger partial charge in [0.1, 0.15) is 5.82 Å². The molecule has 2 aromatic rings. The summed E-state index contributed by atoms with van der Waals surface area (Å²) in [6.07, 6.45) is 0. The molecule has 0 aliphatic carbocycles. The van der Waals surface area contributed by atoms with Crippen LogP contribution in [0.2, 0.25) is 0 Å². The Morgan fingerprint density at radius 1 is 1.42 bits per heavy atom. The number of tetrazole rings is 1. The van der Waals surface area contributed by atoms with Gasteiger partial charge in [-0.15, -0.1) is 5.10 Å². The lowest BCUT2D eigenvalue weighted by Gasteiger charge is -2.07. The molecule has 0 saturated carbocycles. The van der Waals surface area contributed by atoms with Crippen LogP contribution in [0.15, 0.2) is 23.1 Å². The summed E-state index contributed by atoms with van der Waals surface area (Å²) in [4.78, 5) is 0.00141. The third-order valence-electron chi connectivity index (χ3n) is 2.57. The number of aromatic nitrogens is 4. The number of nitrogens with one attached hydrogen (secondary N) is 1. The number of sulfonamides is 1. The summed E-state index contributed by atoms with van der Waals surface area (Å²) in [6, 6.07) is 3.60. The van der Waals surface area contributed by atoms with Crippen molar-refractivity contribution in [1.29, 1.82) is 0 Å². The van der Waals surface area contributed by atoms with Gasteiger partial charge in [-0.3, -0.25) is 0 Å². The average molecular weight is 285 g/mol. The number of hydrogen-bond donors (Lipinski definition) is 1. The van der Waals surface area contributed by atoms with E-state index in [1.54, 1.807) is 7.05 Å². The van der Waals surface area contributed by atoms with Crippen LogP contribution in [0.3, 0.4) is 0 Å². The molecule has 0 fully saturated rings. The lowest BCUT2D eigenvalue weighted by molar-refractivity contribution is 0.574. The van der Waals surface area contributed by atoms with Gasteiger partial charge in [0.2, 0.25) is 10.0 Å². The highest BCUT2D eigenvalue weighted by Crippen LogP contribution is 2.14. The number of nitrogens with zero attached hydrogens (tertiary/aromatic N) is 4. The van der Waals surface area contributed by atoms with E-state index < -0.39 is 15.8 Å². The lowest BCUT2D eigenvalue weighted by atomic mass is 10.2. The highest BCUT2D eigenvalue weighted by molar-refractivity contribution is 7.89. The number of halogens is 1. The van der Waals surface area contributed by atoms with Crippen molar-refractivity contribution < 1.29 is 12.8 Å². The highest BCUT2D eigenvalue weighted by Gasteiger charge is 2.16. The van der Waals surface area contributed by atoms with Gasteiger partial charge in [0.15, 0.2) is 5.82 Å². The normalized spacial score (nSPS) is 11.7. The molecule has 1 N–H and O–H groups in total. The molecule has 1 aromatic heterocycles. The van der Waals surface area contributed by atoms with Crippen molar-refractivity contribution in [2.75, 3.05) is 0 Å². The summed E-state index contributed by atoms with van der Waals surface area (Å²) < 4.78 is 40.8. The Morgan fingerprint density at radius 2 is 2.16 bits per heavy atom. The van der Waals surface area contributed by atoms with Gasteiger partial charge in [0.25, 0.3) is 0 Å². The van der Waals surface area contributed by atoms with Crippen molar-refractivity contribution in [3.05, 3.63) is 35.4 Å². The van der Waals surface area contributed by atoms with Gasteiger partial charge in [0.05, 0.1) is 11.4 Å². The maximum Gasteiger partial charge on any atom is 0.240 e. The Bertz CT molecular complexity index is 698. The van der Waals surface area contributed by atoms with Crippen LogP contribution in [0.25, 0.3) is 0 Å². The smallest absolute Gasteiger partial charge is 0.231 e. The van der Waals surface area contributed by atoms with E-state index in [9.17, 15) is 12.8 Å². The summed E-state index contributed by atoms with van der Waals surface area (Å²) in [5.74, 6) is -0.0705. The van der Waals surface area contributed by atoms with E-state index >= 15 is 0 Å². The van der Waals surface area contributed by atoms with Crippen molar-refractivity contribution in [3.8, 4) is 0 Å². The molecule has 102 valence electrons. The average Bonchev–Trinajstić information content (AvgIpc) is 2.76. The Kier molecular flexibility index (Phi) is 3.58. The summed E-state index contributed by atoms with van der Waals surface area (Å²) in [5, 5.41) is 10.6. The molecule has 0 unspecified atom stereocenters. The molecule has 2 rings (SSSR count). The van der Waals surface area contributed by atoms with Crippen molar-refractivity contribution >= 4 is 10.0 Å². The first kappa shape index (κ1) is 13.6. The Labute approximate surface area is 109 Å². The molecule has 0 aliphatic rings. The van der Waals surface area contributed by atoms with Crippen LogP contribution in [0.1, 0.15) is 11.4 Å². The van der Waals surface area contributed by atoms with E-state index in [0.717, 1.165) is 6.07 Å². The summed E-state index contributed by atoms with van der Waals surface area (Å²) in [5.41, 5.74) is 0.267. The summed E-state index contributed by atoms with van der Waals surface area (Å²) in [7, 11) is -2.12. The van der Waals surface area contributed by atoms with Gasteiger partial charge in [0, 0.05) is 7.05 Å². The number of hydrogen-bond acceptors (Lipinski definition) is 5. The van der Waals surface area contributed by atoms with Crippen LogP contribution in [-0.4, -0.2) is 28.6 Å². The second kappa shape index (κ2) is 5.02. The topological polar surface area (TPSA) is 89.8 Å². The summed E-state index contributed by atoms with van der Waals surface area (Å²) >= 11 is 0. The van der Waals surface area contributed by atoms with Crippen LogP contribution in [-0.2, 0) is 23.6 Å². The van der Waals surface area contributed by atoms with Crippen LogP contribution in [0.5, 0.6) is 0 Å².